The summed E-state index contributed by atoms with van der Waals surface area (Å²) in [6, 6.07) is 4.36. The molecule has 110 valence electrons. The first kappa shape index (κ1) is 15.1. The van der Waals surface area contributed by atoms with Crippen molar-refractivity contribution in [1.29, 1.82) is 0 Å². The van der Waals surface area contributed by atoms with Crippen molar-refractivity contribution in [1.82, 2.24) is 5.32 Å². The van der Waals surface area contributed by atoms with Gasteiger partial charge in [-0.2, -0.15) is 0 Å². The second-order valence-corrected chi connectivity index (χ2v) is 6.03. The SMILES string of the molecule is CC1CCCCC1(CN)NC(=O)c1cc(O)ccc1Cl. The van der Waals surface area contributed by atoms with Gasteiger partial charge in [-0.05, 0) is 37.0 Å². The Labute approximate surface area is 124 Å². The van der Waals surface area contributed by atoms with Crippen LogP contribution in [-0.2, 0) is 0 Å². The number of nitrogens with one attached hydrogen (secondary N) is 1. The van der Waals surface area contributed by atoms with Crippen molar-refractivity contribution < 1.29 is 9.90 Å². The summed E-state index contributed by atoms with van der Waals surface area (Å²) in [5, 5.41) is 12.9. The first-order valence-corrected chi connectivity index (χ1v) is 7.37. The zero-order valence-corrected chi connectivity index (χ0v) is 12.4. The molecule has 1 amide bonds. The van der Waals surface area contributed by atoms with Crippen molar-refractivity contribution >= 4 is 17.5 Å². The molecule has 2 atom stereocenters. The predicted octanol–water partition coefficient (Wildman–Crippen LogP) is 2.68. The zero-order valence-electron chi connectivity index (χ0n) is 11.7. The number of rotatable bonds is 3. The van der Waals surface area contributed by atoms with E-state index in [2.05, 4.69) is 12.2 Å². The largest absolute Gasteiger partial charge is 0.508 e. The van der Waals surface area contributed by atoms with Crippen LogP contribution in [0.5, 0.6) is 5.75 Å². The van der Waals surface area contributed by atoms with Gasteiger partial charge in [0.1, 0.15) is 5.75 Å². The van der Waals surface area contributed by atoms with Crippen LogP contribution < -0.4 is 11.1 Å². The molecule has 1 aliphatic rings. The minimum absolute atomic E-state index is 0.0260. The number of hydrogen-bond acceptors (Lipinski definition) is 3. The molecular formula is C15H21ClN2O2. The van der Waals surface area contributed by atoms with E-state index < -0.39 is 0 Å². The quantitative estimate of drug-likeness (QED) is 0.803. The van der Waals surface area contributed by atoms with Gasteiger partial charge in [0.15, 0.2) is 0 Å². The normalized spacial score (nSPS) is 26.2. The van der Waals surface area contributed by atoms with E-state index in [-0.39, 0.29) is 22.8 Å². The van der Waals surface area contributed by atoms with Crippen LogP contribution in [0.25, 0.3) is 0 Å². The summed E-state index contributed by atoms with van der Waals surface area (Å²) in [5.41, 5.74) is 5.84. The van der Waals surface area contributed by atoms with Crippen molar-refractivity contribution in [3.8, 4) is 5.75 Å². The highest BCUT2D eigenvalue weighted by Gasteiger charge is 2.38. The van der Waals surface area contributed by atoms with Crippen LogP contribution in [-0.4, -0.2) is 23.1 Å². The van der Waals surface area contributed by atoms with E-state index in [1.807, 2.05) is 0 Å². The molecule has 1 saturated carbocycles. The van der Waals surface area contributed by atoms with Crippen molar-refractivity contribution in [2.75, 3.05) is 6.54 Å². The molecule has 0 bridgehead atoms. The number of benzene rings is 1. The fourth-order valence-electron chi connectivity index (χ4n) is 2.93. The Morgan fingerprint density at radius 3 is 2.95 bits per heavy atom. The number of aromatic hydroxyl groups is 1. The van der Waals surface area contributed by atoms with E-state index in [0.717, 1.165) is 19.3 Å². The Kier molecular flexibility index (Phi) is 4.55. The zero-order chi connectivity index (χ0) is 14.8. The molecule has 0 aromatic heterocycles. The lowest BCUT2D eigenvalue weighted by Gasteiger charge is -2.42. The van der Waals surface area contributed by atoms with Gasteiger partial charge in [-0.15, -0.1) is 0 Å². The summed E-state index contributed by atoms with van der Waals surface area (Å²) in [5.74, 6) is 0.0874. The molecule has 5 heteroatoms. The van der Waals surface area contributed by atoms with Crippen molar-refractivity contribution in [3.05, 3.63) is 28.8 Å². The molecule has 1 fully saturated rings. The average molecular weight is 297 g/mol. The molecule has 4 N–H and O–H groups in total. The predicted molar refractivity (Wildman–Crippen MR) is 80.0 cm³/mol. The van der Waals surface area contributed by atoms with Crippen LogP contribution in [0.4, 0.5) is 0 Å². The number of carbonyl (C=O) groups is 1. The van der Waals surface area contributed by atoms with E-state index in [9.17, 15) is 9.90 Å². The van der Waals surface area contributed by atoms with Crippen LogP contribution in [0, 0.1) is 5.92 Å². The summed E-state index contributed by atoms with van der Waals surface area (Å²) >= 11 is 6.03. The third kappa shape index (κ3) is 2.91. The molecular weight excluding hydrogens is 276 g/mol. The smallest absolute Gasteiger partial charge is 0.253 e. The van der Waals surface area contributed by atoms with Gasteiger partial charge in [-0.1, -0.05) is 31.4 Å². The Morgan fingerprint density at radius 1 is 1.55 bits per heavy atom. The van der Waals surface area contributed by atoms with Crippen molar-refractivity contribution in [2.24, 2.45) is 11.7 Å². The molecule has 1 aromatic carbocycles. The summed E-state index contributed by atoms with van der Waals surface area (Å²) in [4.78, 5) is 12.4. The number of phenols is 1. The van der Waals surface area contributed by atoms with Gasteiger partial charge in [0.2, 0.25) is 0 Å². The molecule has 4 nitrogen and oxygen atoms in total. The Morgan fingerprint density at radius 2 is 2.30 bits per heavy atom. The maximum absolute atomic E-state index is 12.4. The van der Waals surface area contributed by atoms with Gasteiger partial charge in [0.05, 0.1) is 16.1 Å². The van der Waals surface area contributed by atoms with Crippen LogP contribution in [0.3, 0.4) is 0 Å². The van der Waals surface area contributed by atoms with E-state index in [1.165, 1.54) is 24.6 Å². The van der Waals surface area contributed by atoms with E-state index in [4.69, 9.17) is 17.3 Å². The summed E-state index contributed by atoms with van der Waals surface area (Å²) in [7, 11) is 0. The maximum Gasteiger partial charge on any atom is 0.253 e. The highest BCUT2D eigenvalue weighted by molar-refractivity contribution is 6.33. The molecule has 0 radical (unpaired) electrons. The van der Waals surface area contributed by atoms with E-state index in [1.54, 1.807) is 0 Å². The molecule has 0 heterocycles. The first-order chi connectivity index (χ1) is 9.48. The fourth-order valence-corrected chi connectivity index (χ4v) is 3.14. The van der Waals surface area contributed by atoms with Gasteiger partial charge >= 0.3 is 0 Å². The van der Waals surface area contributed by atoms with E-state index >= 15 is 0 Å². The first-order valence-electron chi connectivity index (χ1n) is 6.99. The third-order valence-electron chi connectivity index (χ3n) is 4.37. The van der Waals surface area contributed by atoms with Gasteiger partial charge in [0, 0.05) is 6.54 Å². The summed E-state index contributed by atoms with van der Waals surface area (Å²) < 4.78 is 0. The summed E-state index contributed by atoms with van der Waals surface area (Å²) in [6.07, 6.45) is 4.18. The molecule has 0 saturated heterocycles. The lowest BCUT2D eigenvalue weighted by molar-refractivity contribution is 0.0812. The fraction of sp³-hybridized carbons (Fsp3) is 0.533. The topological polar surface area (TPSA) is 75.3 Å². The minimum Gasteiger partial charge on any atom is -0.508 e. The molecule has 2 unspecified atom stereocenters. The minimum atomic E-state index is -0.371. The molecule has 0 spiro atoms. The average Bonchev–Trinajstić information content (AvgIpc) is 2.44. The van der Waals surface area contributed by atoms with Crippen molar-refractivity contribution in [3.63, 3.8) is 0 Å². The van der Waals surface area contributed by atoms with Gasteiger partial charge < -0.3 is 16.2 Å². The second-order valence-electron chi connectivity index (χ2n) is 5.63. The van der Waals surface area contributed by atoms with Crippen LogP contribution in [0.1, 0.15) is 43.0 Å². The Balaban J connectivity index is 2.23. The number of nitrogens with two attached hydrogens (primary N) is 1. The van der Waals surface area contributed by atoms with Crippen LogP contribution in [0.15, 0.2) is 18.2 Å². The highest BCUT2D eigenvalue weighted by atomic mass is 35.5. The van der Waals surface area contributed by atoms with Crippen LogP contribution in [0.2, 0.25) is 5.02 Å². The van der Waals surface area contributed by atoms with Gasteiger partial charge in [0.25, 0.3) is 5.91 Å². The molecule has 1 aromatic rings. The van der Waals surface area contributed by atoms with Gasteiger partial charge in [-0.25, -0.2) is 0 Å². The van der Waals surface area contributed by atoms with Crippen LogP contribution >= 0.6 is 11.6 Å². The molecule has 1 aliphatic carbocycles. The standard InChI is InChI=1S/C15H21ClN2O2/c1-10-4-2-3-7-15(10,9-17)18-14(20)12-8-11(19)5-6-13(12)16/h5-6,8,10,19H,2-4,7,9,17H2,1H3,(H,18,20). The number of carbonyl (C=O) groups excluding carboxylic acids is 1. The molecule has 2 rings (SSSR count). The second kappa shape index (κ2) is 6.02. The molecule has 20 heavy (non-hydrogen) atoms. The third-order valence-corrected chi connectivity index (χ3v) is 4.70. The Hall–Kier alpha value is -1.26. The van der Waals surface area contributed by atoms with Gasteiger partial charge in [-0.3, -0.25) is 4.79 Å². The number of amides is 1. The number of phenolic OH excluding ortho intramolecular Hbond substituents is 1. The number of hydrogen-bond donors (Lipinski definition) is 3. The lowest BCUT2D eigenvalue weighted by Crippen LogP contribution is -2.59. The lowest BCUT2D eigenvalue weighted by atomic mass is 9.73. The summed E-state index contributed by atoms with van der Waals surface area (Å²) in [6.45, 7) is 2.53. The number of halogens is 1. The Bertz CT molecular complexity index is 507. The highest BCUT2D eigenvalue weighted by Crippen LogP contribution is 2.33. The van der Waals surface area contributed by atoms with E-state index in [0.29, 0.717) is 17.5 Å². The maximum atomic E-state index is 12.4. The molecule has 0 aliphatic heterocycles. The van der Waals surface area contributed by atoms with Crippen molar-refractivity contribution in [2.45, 2.75) is 38.1 Å². The monoisotopic (exact) mass is 296 g/mol.